The van der Waals surface area contributed by atoms with Crippen molar-refractivity contribution in [3.63, 3.8) is 0 Å². The number of ether oxygens (including phenoxy) is 2. The van der Waals surface area contributed by atoms with E-state index in [1.54, 1.807) is 6.92 Å². The van der Waals surface area contributed by atoms with Gasteiger partial charge in [0.25, 0.3) is 0 Å². The Morgan fingerprint density at radius 1 is 1.12 bits per heavy atom. The van der Waals surface area contributed by atoms with Gasteiger partial charge in [0.1, 0.15) is 34.8 Å². The molecule has 172 valence electrons. The summed E-state index contributed by atoms with van der Waals surface area (Å²) < 4.78 is 18.0. The maximum Gasteiger partial charge on any atom is 0.336 e. The van der Waals surface area contributed by atoms with Gasteiger partial charge in [-0.25, -0.2) is 4.79 Å². The first-order chi connectivity index (χ1) is 16.4. The molecular weight excluding hydrogens is 432 g/mol. The third kappa shape index (κ3) is 3.10. The molecule has 3 atom stereocenters. The van der Waals surface area contributed by atoms with Gasteiger partial charge in [-0.05, 0) is 24.5 Å². The predicted molar refractivity (Wildman–Crippen MR) is 126 cm³/mol. The highest BCUT2D eigenvalue weighted by Crippen LogP contribution is 2.54. The SMILES string of the molecule is CCCc1cc(=O)oc2c3c(c4c(c12)OC(N)=C(C#N)C4c1ccccc1)OC(C)C(C)C3=O. The largest absolute Gasteiger partial charge is 0.489 e. The molecule has 0 amide bonds. The molecule has 1 aromatic heterocycles. The van der Waals surface area contributed by atoms with Gasteiger partial charge in [-0.15, -0.1) is 0 Å². The Morgan fingerprint density at radius 2 is 1.85 bits per heavy atom. The predicted octanol–water partition coefficient (Wildman–Crippen LogP) is 4.56. The average molecular weight is 456 g/mol. The molecular formula is C27H24N2O5. The van der Waals surface area contributed by atoms with Crippen LogP contribution in [0, 0.1) is 17.2 Å². The Bertz CT molecular complexity index is 1460. The lowest BCUT2D eigenvalue weighted by Crippen LogP contribution is -2.35. The van der Waals surface area contributed by atoms with Crippen LogP contribution >= 0.6 is 0 Å². The van der Waals surface area contributed by atoms with Crippen molar-refractivity contribution in [2.24, 2.45) is 11.7 Å². The van der Waals surface area contributed by atoms with Gasteiger partial charge in [-0.1, -0.05) is 50.6 Å². The topological polar surface area (TPSA) is 116 Å². The lowest BCUT2D eigenvalue weighted by atomic mass is 9.78. The van der Waals surface area contributed by atoms with Crippen LogP contribution in [0.5, 0.6) is 11.5 Å². The first kappa shape index (κ1) is 21.8. The molecule has 2 aliphatic heterocycles. The number of benzene rings is 2. The van der Waals surface area contributed by atoms with Crippen LogP contribution in [0.4, 0.5) is 0 Å². The minimum Gasteiger partial charge on any atom is -0.489 e. The molecule has 0 spiro atoms. The third-order valence-corrected chi connectivity index (χ3v) is 6.71. The van der Waals surface area contributed by atoms with Gasteiger partial charge in [0.15, 0.2) is 11.4 Å². The molecule has 0 bridgehead atoms. The summed E-state index contributed by atoms with van der Waals surface area (Å²) in [6, 6.07) is 13.1. The number of Topliss-reactive ketones (excluding diaryl/α,β-unsaturated/α-hetero) is 1. The number of rotatable bonds is 3. The zero-order valence-electron chi connectivity index (χ0n) is 19.2. The number of hydrogen-bond acceptors (Lipinski definition) is 7. The fourth-order valence-electron chi connectivity index (χ4n) is 4.90. The molecule has 5 rings (SSSR count). The van der Waals surface area contributed by atoms with E-state index in [-0.39, 0.29) is 34.1 Å². The quantitative estimate of drug-likeness (QED) is 0.574. The van der Waals surface area contributed by atoms with E-state index < -0.39 is 23.6 Å². The highest BCUT2D eigenvalue weighted by atomic mass is 16.5. The van der Waals surface area contributed by atoms with E-state index in [4.69, 9.17) is 19.6 Å². The van der Waals surface area contributed by atoms with Crippen molar-refractivity contribution in [3.05, 3.63) is 80.5 Å². The maximum atomic E-state index is 13.6. The number of nitriles is 1. The van der Waals surface area contributed by atoms with Crippen LogP contribution in [0.2, 0.25) is 0 Å². The van der Waals surface area contributed by atoms with Crippen molar-refractivity contribution in [2.45, 2.75) is 45.6 Å². The Balaban J connectivity index is 2.00. The minimum absolute atomic E-state index is 0.0256. The lowest BCUT2D eigenvalue weighted by molar-refractivity contribution is 0.0727. The van der Waals surface area contributed by atoms with Gasteiger partial charge >= 0.3 is 5.63 Å². The van der Waals surface area contributed by atoms with Crippen LogP contribution in [0.3, 0.4) is 0 Å². The Labute approximate surface area is 196 Å². The van der Waals surface area contributed by atoms with Crippen LogP contribution < -0.4 is 20.8 Å². The molecule has 0 saturated heterocycles. The summed E-state index contributed by atoms with van der Waals surface area (Å²) in [5, 5.41) is 10.5. The van der Waals surface area contributed by atoms with Crippen molar-refractivity contribution < 1.29 is 18.7 Å². The van der Waals surface area contributed by atoms with Gasteiger partial charge in [-0.2, -0.15) is 5.26 Å². The number of carbonyl (C=O) groups is 1. The molecule has 3 heterocycles. The monoisotopic (exact) mass is 456 g/mol. The van der Waals surface area contributed by atoms with Gasteiger partial charge in [0.05, 0.1) is 22.8 Å². The molecule has 7 heteroatoms. The zero-order chi connectivity index (χ0) is 24.1. The van der Waals surface area contributed by atoms with Crippen molar-refractivity contribution in [3.8, 4) is 17.6 Å². The third-order valence-electron chi connectivity index (χ3n) is 6.71. The maximum absolute atomic E-state index is 13.6. The molecule has 2 N–H and O–H groups in total. The number of aryl methyl sites for hydroxylation is 1. The molecule has 0 saturated carbocycles. The number of nitrogens with two attached hydrogens (primary N) is 1. The van der Waals surface area contributed by atoms with Crippen LogP contribution in [0.25, 0.3) is 11.0 Å². The standard InChI is InChI=1S/C27H24N2O5/c1-4-8-16-11-18(30)33-25-20(16)24-21(26-22(25)23(31)13(2)14(3)32-26)19(15-9-6-5-7-10-15)17(12-28)27(29)34-24/h5-7,9-11,13-14,19H,4,8,29H2,1-3H3. The summed E-state index contributed by atoms with van der Waals surface area (Å²) in [7, 11) is 0. The second-order valence-corrected chi connectivity index (χ2v) is 8.80. The number of carbonyl (C=O) groups excluding carboxylic acids is 1. The summed E-state index contributed by atoms with van der Waals surface area (Å²) in [5.41, 5.74) is 8.38. The molecule has 0 aliphatic carbocycles. The van der Waals surface area contributed by atoms with Gasteiger partial charge in [0, 0.05) is 6.07 Å². The van der Waals surface area contributed by atoms with Crippen LogP contribution in [0.1, 0.15) is 60.2 Å². The van der Waals surface area contributed by atoms with Crippen molar-refractivity contribution >= 4 is 16.8 Å². The van der Waals surface area contributed by atoms with E-state index in [1.807, 2.05) is 44.2 Å². The average Bonchev–Trinajstić information content (AvgIpc) is 2.82. The minimum atomic E-state index is -0.608. The fourth-order valence-corrected chi connectivity index (χ4v) is 4.90. The Morgan fingerprint density at radius 3 is 2.53 bits per heavy atom. The summed E-state index contributed by atoms with van der Waals surface area (Å²) in [6.07, 6.45) is 0.916. The number of allylic oxidation sites excluding steroid dienone is 1. The highest BCUT2D eigenvalue weighted by Gasteiger charge is 2.43. The Hall–Kier alpha value is -4.05. The molecule has 7 nitrogen and oxygen atoms in total. The van der Waals surface area contributed by atoms with Crippen molar-refractivity contribution in [2.75, 3.05) is 0 Å². The van der Waals surface area contributed by atoms with Crippen molar-refractivity contribution in [1.29, 1.82) is 5.26 Å². The molecule has 0 radical (unpaired) electrons. The smallest absolute Gasteiger partial charge is 0.336 e. The van der Waals surface area contributed by atoms with Gasteiger partial charge < -0.3 is 19.6 Å². The molecule has 0 fully saturated rings. The summed E-state index contributed by atoms with van der Waals surface area (Å²) in [6.45, 7) is 5.61. The highest BCUT2D eigenvalue weighted by molar-refractivity contribution is 6.13. The molecule has 2 aliphatic rings. The summed E-state index contributed by atoms with van der Waals surface area (Å²) >= 11 is 0. The number of ketones is 1. The van der Waals surface area contributed by atoms with Gasteiger partial charge in [0.2, 0.25) is 5.88 Å². The van der Waals surface area contributed by atoms with E-state index in [0.29, 0.717) is 28.7 Å². The summed E-state index contributed by atoms with van der Waals surface area (Å²) in [5.74, 6) is -0.606. The van der Waals surface area contributed by atoms with E-state index in [0.717, 1.165) is 12.0 Å². The lowest BCUT2D eigenvalue weighted by Gasteiger charge is -2.35. The second-order valence-electron chi connectivity index (χ2n) is 8.80. The second kappa shape index (κ2) is 8.07. The van der Waals surface area contributed by atoms with Crippen LogP contribution in [0.15, 0.2) is 57.1 Å². The van der Waals surface area contributed by atoms with E-state index in [2.05, 4.69) is 6.07 Å². The number of hydrogen-bond donors (Lipinski definition) is 1. The Kier molecular flexibility index (Phi) is 5.17. The molecule has 34 heavy (non-hydrogen) atoms. The van der Waals surface area contributed by atoms with Crippen LogP contribution in [-0.4, -0.2) is 11.9 Å². The first-order valence-corrected chi connectivity index (χ1v) is 11.4. The summed E-state index contributed by atoms with van der Waals surface area (Å²) in [4.78, 5) is 26.1. The van der Waals surface area contributed by atoms with E-state index in [9.17, 15) is 14.9 Å². The van der Waals surface area contributed by atoms with Crippen molar-refractivity contribution in [1.82, 2.24) is 0 Å². The molecule has 3 unspecified atom stereocenters. The number of nitrogens with zero attached hydrogens (tertiary/aromatic N) is 1. The van der Waals surface area contributed by atoms with E-state index >= 15 is 0 Å². The van der Waals surface area contributed by atoms with Crippen LogP contribution in [-0.2, 0) is 6.42 Å². The molecule has 2 aromatic carbocycles. The van der Waals surface area contributed by atoms with Gasteiger partial charge in [-0.3, -0.25) is 4.79 Å². The first-order valence-electron chi connectivity index (χ1n) is 11.4. The number of fused-ring (bicyclic) bond motifs is 6. The molecule has 3 aromatic rings. The normalized spacial score (nSPS) is 21.4. The van der Waals surface area contributed by atoms with E-state index in [1.165, 1.54) is 6.07 Å². The zero-order valence-corrected chi connectivity index (χ0v) is 19.2. The fraction of sp³-hybridized carbons (Fsp3) is 0.296.